The second kappa shape index (κ2) is 9.71. The van der Waals surface area contributed by atoms with Crippen LogP contribution in [0.3, 0.4) is 0 Å². The van der Waals surface area contributed by atoms with Crippen LogP contribution >= 0.6 is 11.6 Å². The number of hydrogen-bond acceptors (Lipinski definition) is 4. The molecule has 0 aliphatic carbocycles. The van der Waals surface area contributed by atoms with Crippen LogP contribution < -0.4 is 10.2 Å². The summed E-state index contributed by atoms with van der Waals surface area (Å²) >= 11 is 5.96. The molecule has 0 aromatic heterocycles. The van der Waals surface area contributed by atoms with E-state index in [0.717, 1.165) is 31.7 Å². The summed E-state index contributed by atoms with van der Waals surface area (Å²) in [5.74, 6) is -0.763. The quantitative estimate of drug-likeness (QED) is 0.685. The lowest BCUT2D eigenvalue weighted by Gasteiger charge is -2.36. The smallest absolute Gasteiger partial charge is 0.337 e. The summed E-state index contributed by atoms with van der Waals surface area (Å²) in [6.07, 6.45) is 4.80. The highest BCUT2D eigenvalue weighted by molar-refractivity contribution is 6.31. The largest absolute Gasteiger partial charge is 0.478 e. The number of rotatable bonds is 6. The molecule has 0 radical (unpaired) electrons. The number of anilines is 2. The number of likely N-dealkylation sites (tertiary alicyclic amines) is 1. The van der Waals surface area contributed by atoms with Crippen molar-refractivity contribution >= 4 is 34.9 Å². The molecule has 2 saturated heterocycles. The Morgan fingerprint density at radius 2 is 1.87 bits per heavy atom. The van der Waals surface area contributed by atoms with Gasteiger partial charge in [-0.1, -0.05) is 17.7 Å². The molecule has 4 rings (SSSR count). The van der Waals surface area contributed by atoms with E-state index < -0.39 is 5.97 Å². The van der Waals surface area contributed by atoms with Crippen molar-refractivity contribution in [1.82, 2.24) is 4.90 Å². The van der Waals surface area contributed by atoms with Gasteiger partial charge in [-0.2, -0.15) is 0 Å². The van der Waals surface area contributed by atoms with Crippen LogP contribution in [0, 0.1) is 5.92 Å². The Kier molecular flexibility index (Phi) is 6.78. The second-order valence-corrected chi connectivity index (χ2v) is 8.90. The fraction of sp³-hybridized carbons (Fsp3) is 0.417. The maximum absolute atomic E-state index is 12.5. The summed E-state index contributed by atoms with van der Waals surface area (Å²) in [6, 6.07) is 11.8. The standard InChI is InChI=1S/C24H28ClN3O3/c25-19-7-3-6-18(13-19)23(29)26-20-8-9-22(21(14-20)24(30)31)28-12-4-5-17(16-28)15-27-10-1-2-11-27/h3,6-9,13-14,17H,1-2,4-5,10-12,15-16H2,(H,26,29)(H,30,31). The van der Waals surface area contributed by atoms with Crippen molar-refractivity contribution in [3.63, 3.8) is 0 Å². The zero-order chi connectivity index (χ0) is 21.8. The molecule has 2 aromatic rings. The molecule has 6 nitrogen and oxygen atoms in total. The third-order valence-electron chi connectivity index (χ3n) is 6.15. The molecule has 0 saturated carbocycles. The molecule has 1 amide bonds. The van der Waals surface area contributed by atoms with Gasteiger partial charge in [0.2, 0.25) is 0 Å². The average Bonchev–Trinajstić information content (AvgIpc) is 3.27. The third kappa shape index (κ3) is 5.38. The van der Waals surface area contributed by atoms with Crippen molar-refractivity contribution in [1.29, 1.82) is 0 Å². The lowest BCUT2D eigenvalue weighted by molar-refractivity contribution is 0.0697. The van der Waals surface area contributed by atoms with Crippen LogP contribution in [-0.2, 0) is 0 Å². The number of piperidine rings is 1. The normalized spacial score (nSPS) is 19.4. The van der Waals surface area contributed by atoms with Crippen LogP contribution in [0.15, 0.2) is 42.5 Å². The number of nitrogens with zero attached hydrogens (tertiary/aromatic N) is 2. The van der Waals surface area contributed by atoms with Crippen LogP contribution in [0.4, 0.5) is 11.4 Å². The number of carbonyl (C=O) groups excluding carboxylic acids is 1. The fourth-order valence-corrected chi connectivity index (χ4v) is 4.85. The number of carboxylic acids is 1. The van der Waals surface area contributed by atoms with Crippen LogP contribution in [-0.4, -0.2) is 54.6 Å². The fourth-order valence-electron chi connectivity index (χ4n) is 4.66. The Balaban J connectivity index is 1.49. The molecule has 7 heteroatoms. The molecule has 2 aliphatic heterocycles. The van der Waals surface area contributed by atoms with Crippen LogP contribution in [0.5, 0.6) is 0 Å². The average molecular weight is 442 g/mol. The molecule has 2 fully saturated rings. The van der Waals surface area contributed by atoms with E-state index in [1.807, 2.05) is 6.07 Å². The highest BCUT2D eigenvalue weighted by atomic mass is 35.5. The maximum Gasteiger partial charge on any atom is 0.337 e. The molecule has 0 bridgehead atoms. The summed E-state index contributed by atoms with van der Waals surface area (Å²) in [6.45, 7) is 5.17. The molecular weight excluding hydrogens is 414 g/mol. The Hall–Kier alpha value is -2.57. The maximum atomic E-state index is 12.5. The number of amides is 1. The first-order valence-corrected chi connectivity index (χ1v) is 11.3. The summed E-state index contributed by atoms with van der Waals surface area (Å²) in [4.78, 5) is 29.2. The van der Waals surface area contributed by atoms with E-state index >= 15 is 0 Å². The van der Waals surface area contributed by atoms with Gasteiger partial charge in [-0.25, -0.2) is 4.79 Å². The van der Waals surface area contributed by atoms with Gasteiger partial charge in [0.15, 0.2) is 0 Å². The number of halogens is 1. The molecule has 0 spiro atoms. The van der Waals surface area contributed by atoms with E-state index in [1.165, 1.54) is 32.4 Å². The van der Waals surface area contributed by atoms with Gasteiger partial charge in [0, 0.05) is 35.9 Å². The third-order valence-corrected chi connectivity index (χ3v) is 6.38. The molecule has 2 aromatic carbocycles. The molecular formula is C24H28ClN3O3. The highest BCUT2D eigenvalue weighted by Gasteiger charge is 2.26. The molecule has 31 heavy (non-hydrogen) atoms. The zero-order valence-electron chi connectivity index (χ0n) is 17.5. The van der Waals surface area contributed by atoms with Gasteiger partial charge in [-0.05, 0) is 81.1 Å². The molecule has 164 valence electrons. The molecule has 2 N–H and O–H groups in total. The minimum atomic E-state index is -0.990. The molecule has 1 atom stereocenters. The SMILES string of the molecule is O=C(Nc1ccc(N2CCCC(CN3CCCC3)C2)c(C(=O)O)c1)c1cccc(Cl)c1. The van der Waals surface area contributed by atoms with E-state index in [-0.39, 0.29) is 11.5 Å². The van der Waals surface area contributed by atoms with Crippen molar-refractivity contribution in [2.45, 2.75) is 25.7 Å². The number of carbonyl (C=O) groups is 2. The topological polar surface area (TPSA) is 72.9 Å². The lowest BCUT2D eigenvalue weighted by atomic mass is 9.96. The number of hydrogen-bond donors (Lipinski definition) is 2. The van der Waals surface area contributed by atoms with Crippen molar-refractivity contribution in [2.24, 2.45) is 5.92 Å². The van der Waals surface area contributed by atoms with E-state index in [2.05, 4.69) is 15.1 Å². The summed E-state index contributed by atoms with van der Waals surface area (Å²) in [7, 11) is 0. The predicted molar refractivity (Wildman–Crippen MR) is 123 cm³/mol. The van der Waals surface area contributed by atoms with Gasteiger partial charge in [0.05, 0.1) is 11.3 Å². The Morgan fingerprint density at radius 1 is 1.06 bits per heavy atom. The van der Waals surface area contributed by atoms with Gasteiger partial charge in [0.1, 0.15) is 0 Å². The van der Waals surface area contributed by atoms with E-state index in [1.54, 1.807) is 36.4 Å². The first kappa shape index (κ1) is 21.7. The molecule has 1 unspecified atom stereocenters. The lowest BCUT2D eigenvalue weighted by Crippen LogP contribution is -2.41. The number of aromatic carboxylic acids is 1. The predicted octanol–water partition coefficient (Wildman–Crippen LogP) is 4.60. The minimum absolute atomic E-state index is 0.214. The van der Waals surface area contributed by atoms with E-state index in [4.69, 9.17) is 11.6 Å². The molecule has 2 aliphatic rings. The summed E-state index contributed by atoms with van der Waals surface area (Å²) in [5, 5.41) is 13.1. The van der Waals surface area contributed by atoms with Gasteiger partial charge in [-0.15, -0.1) is 0 Å². The Labute approximate surface area is 187 Å². The Morgan fingerprint density at radius 3 is 2.61 bits per heavy atom. The van der Waals surface area contributed by atoms with E-state index in [9.17, 15) is 14.7 Å². The monoisotopic (exact) mass is 441 g/mol. The zero-order valence-corrected chi connectivity index (χ0v) is 18.3. The van der Waals surface area contributed by atoms with Crippen molar-refractivity contribution in [3.8, 4) is 0 Å². The Bertz CT molecular complexity index is 959. The van der Waals surface area contributed by atoms with Gasteiger partial charge >= 0.3 is 5.97 Å². The second-order valence-electron chi connectivity index (χ2n) is 8.46. The van der Waals surface area contributed by atoms with E-state index in [0.29, 0.717) is 22.2 Å². The van der Waals surface area contributed by atoms with Gasteiger partial charge < -0.3 is 20.2 Å². The summed E-state index contributed by atoms with van der Waals surface area (Å²) in [5.41, 5.74) is 1.82. The minimum Gasteiger partial charge on any atom is -0.478 e. The van der Waals surface area contributed by atoms with Crippen molar-refractivity contribution < 1.29 is 14.7 Å². The first-order chi connectivity index (χ1) is 15.0. The van der Waals surface area contributed by atoms with Crippen LogP contribution in [0.25, 0.3) is 0 Å². The van der Waals surface area contributed by atoms with Gasteiger partial charge in [0.25, 0.3) is 5.91 Å². The first-order valence-electron chi connectivity index (χ1n) is 10.9. The molecule has 2 heterocycles. The highest BCUT2D eigenvalue weighted by Crippen LogP contribution is 2.30. The van der Waals surface area contributed by atoms with Crippen LogP contribution in [0.2, 0.25) is 5.02 Å². The number of carboxylic acid groups (broad SMARTS) is 1. The number of nitrogens with one attached hydrogen (secondary N) is 1. The summed E-state index contributed by atoms with van der Waals surface area (Å²) < 4.78 is 0. The van der Waals surface area contributed by atoms with Crippen LogP contribution in [0.1, 0.15) is 46.4 Å². The van der Waals surface area contributed by atoms with Gasteiger partial charge in [-0.3, -0.25) is 4.79 Å². The van der Waals surface area contributed by atoms with Crippen molar-refractivity contribution in [2.75, 3.05) is 42.9 Å². The number of benzene rings is 2. The van der Waals surface area contributed by atoms with Crippen molar-refractivity contribution in [3.05, 3.63) is 58.6 Å².